The molecule has 0 radical (unpaired) electrons. The predicted molar refractivity (Wildman–Crippen MR) is 93.7 cm³/mol. The summed E-state index contributed by atoms with van der Waals surface area (Å²) in [7, 11) is 0. The van der Waals surface area contributed by atoms with Crippen molar-refractivity contribution in [1.82, 2.24) is 20.2 Å². The van der Waals surface area contributed by atoms with Gasteiger partial charge in [0.05, 0.1) is 42.8 Å². The van der Waals surface area contributed by atoms with E-state index >= 15 is 0 Å². The fourth-order valence-electron chi connectivity index (χ4n) is 4.05. The van der Waals surface area contributed by atoms with Crippen LogP contribution in [-0.2, 0) is 16.1 Å². The fraction of sp³-hybridized carbons (Fsp3) is 0.737. The van der Waals surface area contributed by atoms with Gasteiger partial charge in [0.15, 0.2) is 0 Å². The minimum absolute atomic E-state index is 0.0412. The smallest absolute Gasteiger partial charge is 0.225 e. The molecule has 1 aliphatic carbocycles. The van der Waals surface area contributed by atoms with Gasteiger partial charge in [-0.05, 0) is 44.4 Å². The normalized spacial score (nSPS) is 29.9. The van der Waals surface area contributed by atoms with Gasteiger partial charge in [-0.15, -0.1) is 0 Å². The summed E-state index contributed by atoms with van der Waals surface area (Å²) in [5, 5.41) is 3.00. The van der Waals surface area contributed by atoms with Crippen molar-refractivity contribution in [3.63, 3.8) is 0 Å². The van der Waals surface area contributed by atoms with Crippen molar-refractivity contribution in [2.24, 2.45) is 17.8 Å². The number of fused-ring (bicyclic) bond motifs is 1. The molecule has 2 aliphatic heterocycles. The first-order valence-corrected chi connectivity index (χ1v) is 9.56. The van der Waals surface area contributed by atoms with E-state index in [0.717, 1.165) is 43.2 Å². The number of amides is 1. The lowest BCUT2D eigenvalue weighted by atomic mass is 9.83. The van der Waals surface area contributed by atoms with E-state index in [9.17, 15) is 4.79 Å². The summed E-state index contributed by atoms with van der Waals surface area (Å²) < 4.78 is 6.04. The molecule has 1 N–H and O–H groups in total. The maximum absolute atomic E-state index is 12.5. The second-order valence-corrected chi connectivity index (χ2v) is 7.92. The number of carbonyl (C=O) groups excluding carboxylic acids is 1. The molecule has 0 spiro atoms. The molecule has 0 aromatic carbocycles. The molecule has 6 heteroatoms. The van der Waals surface area contributed by atoms with Crippen LogP contribution < -0.4 is 5.32 Å². The van der Waals surface area contributed by atoms with Crippen LogP contribution in [-0.4, -0.2) is 53.1 Å². The van der Waals surface area contributed by atoms with Crippen LogP contribution in [0.1, 0.15) is 37.1 Å². The van der Waals surface area contributed by atoms with Crippen LogP contribution in [0.2, 0.25) is 0 Å². The van der Waals surface area contributed by atoms with Gasteiger partial charge in [-0.25, -0.2) is 0 Å². The summed E-state index contributed by atoms with van der Waals surface area (Å²) in [6.07, 6.45) is 8.65. The number of rotatable bonds is 5. The van der Waals surface area contributed by atoms with E-state index in [1.54, 1.807) is 12.4 Å². The summed E-state index contributed by atoms with van der Waals surface area (Å²) in [5.74, 6) is 1.47. The Balaban J connectivity index is 1.27. The maximum atomic E-state index is 12.5. The number of hydrogen-bond acceptors (Lipinski definition) is 5. The van der Waals surface area contributed by atoms with Crippen molar-refractivity contribution in [2.75, 3.05) is 26.2 Å². The highest BCUT2D eigenvalue weighted by molar-refractivity contribution is 5.78. The van der Waals surface area contributed by atoms with Crippen molar-refractivity contribution in [2.45, 2.75) is 45.3 Å². The molecule has 2 saturated heterocycles. The van der Waals surface area contributed by atoms with Gasteiger partial charge < -0.3 is 15.0 Å². The quantitative estimate of drug-likeness (QED) is 0.878. The number of piperidine rings is 1. The molecule has 25 heavy (non-hydrogen) atoms. The Kier molecular flexibility index (Phi) is 4.99. The van der Waals surface area contributed by atoms with Crippen LogP contribution >= 0.6 is 0 Å². The molecule has 1 saturated carbocycles. The molecule has 0 unspecified atom stereocenters. The van der Waals surface area contributed by atoms with Gasteiger partial charge in [0.1, 0.15) is 0 Å². The highest BCUT2D eigenvalue weighted by atomic mass is 16.5. The van der Waals surface area contributed by atoms with Crippen LogP contribution in [0.15, 0.2) is 12.4 Å². The van der Waals surface area contributed by atoms with Gasteiger partial charge in [-0.3, -0.25) is 14.8 Å². The molecule has 0 bridgehead atoms. The third-order valence-corrected chi connectivity index (χ3v) is 5.71. The highest BCUT2D eigenvalue weighted by Crippen LogP contribution is 2.35. The second-order valence-electron chi connectivity index (χ2n) is 7.92. The van der Waals surface area contributed by atoms with Crippen LogP contribution in [0.5, 0.6) is 0 Å². The molecule has 3 fully saturated rings. The zero-order valence-electron chi connectivity index (χ0n) is 15.0. The van der Waals surface area contributed by atoms with Gasteiger partial charge in [-0.1, -0.05) is 0 Å². The van der Waals surface area contributed by atoms with E-state index < -0.39 is 0 Å². The number of likely N-dealkylation sites (tertiary alicyclic amines) is 1. The second kappa shape index (κ2) is 7.38. The first-order valence-electron chi connectivity index (χ1n) is 9.56. The Morgan fingerprint density at radius 2 is 2.20 bits per heavy atom. The van der Waals surface area contributed by atoms with Crippen LogP contribution in [0.25, 0.3) is 0 Å². The SMILES string of the molecule is Cc1cnc(CNC(=O)[C@@H]2CO[C@@H]3CCN(CC4CC4)C[C@@H]3C2)cn1. The highest BCUT2D eigenvalue weighted by Gasteiger charge is 2.39. The summed E-state index contributed by atoms with van der Waals surface area (Å²) in [6.45, 7) is 6.38. The zero-order valence-corrected chi connectivity index (χ0v) is 15.0. The lowest BCUT2D eigenvalue weighted by molar-refractivity contribution is -0.139. The molecular formula is C19H28N4O2. The monoisotopic (exact) mass is 344 g/mol. The van der Waals surface area contributed by atoms with E-state index in [1.165, 1.54) is 19.4 Å². The number of aromatic nitrogens is 2. The molecule has 1 amide bonds. The van der Waals surface area contributed by atoms with Crippen molar-refractivity contribution in [3.05, 3.63) is 23.8 Å². The number of nitrogens with one attached hydrogen (secondary N) is 1. The number of carbonyl (C=O) groups is 1. The van der Waals surface area contributed by atoms with Crippen molar-refractivity contribution < 1.29 is 9.53 Å². The Morgan fingerprint density at radius 1 is 1.32 bits per heavy atom. The molecular weight excluding hydrogens is 316 g/mol. The largest absolute Gasteiger partial charge is 0.377 e. The van der Waals surface area contributed by atoms with Crippen LogP contribution in [0.3, 0.4) is 0 Å². The average Bonchev–Trinajstić information content (AvgIpc) is 3.44. The maximum Gasteiger partial charge on any atom is 0.225 e. The van der Waals surface area contributed by atoms with Crippen LogP contribution in [0, 0.1) is 24.7 Å². The molecule has 6 nitrogen and oxygen atoms in total. The summed E-state index contributed by atoms with van der Waals surface area (Å²) in [5.41, 5.74) is 1.68. The van der Waals surface area contributed by atoms with E-state index in [1.807, 2.05) is 6.92 Å². The number of aryl methyl sites for hydroxylation is 1. The Morgan fingerprint density at radius 3 is 2.96 bits per heavy atom. The van der Waals surface area contributed by atoms with E-state index in [2.05, 4.69) is 20.2 Å². The van der Waals surface area contributed by atoms with Gasteiger partial charge in [0.25, 0.3) is 0 Å². The fourth-order valence-corrected chi connectivity index (χ4v) is 4.05. The van der Waals surface area contributed by atoms with Gasteiger partial charge >= 0.3 is 0 Å². The number of nitrogens with zero attached hydrogens (tertiary/aromatic N) is 3. The Labute approximate surface area is 149 Å². The van der Waals surface area contributed by atoms with Crippen LogP contribution in [0.4, 0.5) is 0 Å². The summed E-state index contributed by atoms with van der Waals surface area (Å²) in [4.78, 5) is 23.6. The lowest BCUT2D eigenvalue weighted by Gasteiger charge is -2.43. The predicted octanol–water partition coefficient (Wildman–Crippen LogP) is 1.54. The zero-order chi connectivity index (χ0) is 17.2. The van der Waals surface area contributed by atoms with E-state index in [4.69, 9.17) is 4.74 Å². The summed E-state index contributed by atoms with van der Waals surface area (Å²) in [6, 6.07) is 0. The molecule has 3 heterocycles. The molecule has 3 atom stereocenters. The molecule has 136 valence electrons. The average molecular weight is 344 g/mol. The Hall–Kier alpha value is -1.53. The van der Waals surface area contributed by atoms with Crippen molar-refractivity contribution >= 4 is 5.91 Å². The molecule has 3 aliphatic rings. The molecule has 1 aromatic rings. The first-order chi connectivity index (χ1) is 12.2. The topological polar surface area (TPSA) is 67.3 Å². The van der Waals surface area contributed by atoms with Gasteiger partial charge in [0.2, 0.25) is 5.91 Å². The lowest BCUT2D eigenvalue weighted by Crippen LogP contribution is -2.50. The molecule has 1 aromatic heterocycles. The third-order valence-electron chi connectivity index (χ3n) is 5.71. The minimum atomic E-state index is -0.0412. The summed E-state index contributed by atoms with van der Waals surface area (Å²) >= 11 is 0. The van der Waals surface area contributed by atoms with E-state index in [0.29, 0.717) is 25.2 Å². The van der Waals surface area contributed by atoms with Gasteiger partial charge in [-0.2, -0.15) is 0 Å². The standard InChI is InChI=1S/C19H28N4O2/c1-13-7-21-17(8-20-13)9-22-19(24)16-6-15-11-23(10-14-2-3-14)5-4-18(15)25-12-16/h7-8,14-16,18H,2-6,9-12H2,1H3,(H,22,24)/t15-,16-,18+/m0/s1. The number of ether oxygens (including phenoxy) is 1. The van der Waals surface area contributed by atoms with Crippen molar-refractivity contribution in [1.29, 1.82) is 0 Å². The van der Waals surface area contributed by atoms with E-state index in [-0.39, 0.29) is 11.8 Å². The van der Waals surface area contributed by atoms with Crippen molar-refractivity contribution in [3.8, 4) is 0 Å². The number of hydrogen-bond donors (Lipinski definition) is 1. The molecule has 4 rings (SSSR count). The van der Waals surface area contributed by atoms with Gasteiger partial charge in [0, 0.05) is 25.8 Å². The first kappa shape index (κ1) is 16.9. The minimum Gasteiger partial charge on any atom is -0.377 e. The third kappa shape index (κ3) is 4.36. The Bertz CT molecular complexity index is 602.